The highest BCUT2D eigenvalue weighted by molar-refractivity contribution is 5.69. The monoisotopic (exact) mass is 208 g/mol. The van der Waals surface area contributed by atoms with Gasteiger partial charge in [-0.15, -0.1) is 0 Å². The number of esters is 1. The van der Waals surface area contributed by atoms with Crippen LogP contribution in [-0.2, 0) is 9.53 Å². The first-order valence-electron chi connectivity index (χ1n) is 6.43. The van der Waals surface area contributed by atoms with Crippen molar-refractivity contribution in [2.24, 2.45) is 23.7 Å². The summed E-state index contributed by atoms with van der Waals surface area (Å²) in [6.45, 7) is 4.09. The summed E-state index contributed by atoms with van der Waals surface area (Å²) < 4.78 is 5.85. The Morgan fingerprint density at radius 1 is 1.20 bits per heavy atom. The van der Waals surface area contributed by atoms with Crippen LogP contribution in [0.5, 0.6) is 0 Å². The lowest BCUT2D eigenvalue weighted by Crippen LogP contribution is -2.42. The quantitative estimate of drug-likeness (QED) is 0.667. The zero-order valence-electron chi connectivity index (χ0n) is 9.66. The molecule has 4 rings (SSSR count). The Balaban J connectivity index is 1.86. The molecule has 4 atom stereocenters. The fraction of sp³-hybridized carbons (Fsp3) is 0.923. The summed E-state index contributed by atoms with van der Waals surface area (Å²) in [5.41, 5.74) is -0.0410. The second kappa shape index (κ2) is 2.99. The molecule has 0 aliphatic heterocycles. The molecule has 15 heavy (non-hydrogen) atoms. The van der Waals surface area contributed by atoms with Crippen molar-refractivity contribution < 1.29 is 9.53 Å². The molecule has 4 saturated carbocycles. The molecule has 0 aromatic rings. The Labute approximate surface area is 91.4 Å². The van der Waals surface area contributed by atoms with Gasteiger partial charge in [0.2, 0.25) is 0 Å². The van der Waals surface area contributed by atoms with Crippen LogP contribution in [0.1, 0.15) is 46.0 Å². The van der Waals surface area contributed by atoms with E-state index < -0.39 is 0 Å². The molecule has 0 amide bonds. The van der Waals surface area contributed by atoms with Crippen molar-refractivity contribution in [2.75, 3.05) is 0 Å². The molecule has 0 radical (unpaired) electrons. The second-order valence-electron chi connectivity index (χ2n) is 5.58. The van der Waals surface area contributed by atoms with E-state index in [9.17, 15) is 4.79 Å². The summed E-state index contributed by atoms with van der Waals surface area (Å²) in [5.74, 6) is 3.17. The molecule has 0 spiro atoms. The average molecular weight is 208 g/mol. The number of hydrogen-bond donors (Lipinski definition) is 0. The van der Waals surface area contributed by atoms with Crippen molar-refractivity contribution in [3.05, 3.63) is 0 Å². The Kier molecular flexibility index (Phi) is 1.93. The van der Waals surface area contributed by atoms with Crippen LogP contribution < -0.4 is 0 Å². The first-order chi connectivity index (χ1) is 7.21. The molecule has 0 aromatic heterocycles. The van der Waals surface area contributed by atoms with E-state index >= 15 is 0 Å². The molecule has 4 aliphatic carbocycles. The maximum Gasteiger partial charge on any atom is 0.306 e. The maximum absolute atomic E-state index is 11.6. The fourth-order valence-electron chi connectivity index (χ4n) is 4.78. The summed E-state index contributed by atoms with van der Waals surface area (Å²) in [6.07, 6.45) is 5.64. The molecular formula is C13H20O2. The lowest BCUT2D eigenvalue weighted by atomic mass is 9.81. The number of rotatable bonds is 3. The van der Waals surface area contributed by atoms with Gasteiger partial charge in [0, 0.05) is 18.3 Å². The van der Waals surface area contributed by atoms with Crippen LogP contribution in [0, 0.1) is 23.7 Å². The smallest absolute Gasteiger partial charge is 0.306 e. The minimum absolute atomic E-state index is 0.00931. The molecule has 84 valence electrons. The van der Waals surface area contributed by atoms with E-state index in [1.54, 1.807) is 0 Å². The highest BCUT2D eigenvalue weighted by Crippen LogP contribution is 2.69. The topological polar surface area (TPSA) is 26.3 Å². The standard InChI is InChI=1S/C13H20O2/c1-3-12(14)15-13(4-2)10-6-8-5-9(10)7-11(8)13/h8-11H,3-7H2,1-2H3. The van der Waals surface area contributed by atoms with Gasteiger partial charge in [0.25, 0.3) is 0 Å². The predicted octanol–water partition coefficient (Wildman–Crippen LogP) is 2.76. The molecule has 2 nitrogen and oxygen atoms in total. The molecule has 4 bridgehead atoms. The summed E-state index contributed by atoms with van der Waals surface area (Å²) in [4.78, 5) is 11.6. The fourth-order valence-corrected chi connectivity index (χ4v) is 4.78. The van der Waals surface area contributed by atoms with E-state index in [-0.39, 0.29) is 11.6 Å². The van der Waals surface area contributed by atoms with Crippen LogP contribution in [0.3, 0.4) is 0 Å². The number of carbonyl (C=O) groups is 1. The largest absolute Gasteiger partial charge is 0.458 e. The van der Waals surface area contributed by atoms with E-state index in [1.807, 2.05) is 6.92 Å². The summed E-state index contributed by atoms with van der Waals surface area (Å²) in [5, 5.41) is 0. The average Bonchev–Trinajstić information content (AvgIpc) is 2.94. The van der Waals surface area contributed by atoms with Crippen molar-refractivity contribution in [3.8, 4) is 0 Å². The highest BCUT2D eigenvalue weighted by Gasteiger charge is 2.69. The summed E-state index contributed by atoms with van der Waals surface area (Å²) in [6, 6.07) is 0. The molecule has 0 heterocycles. The van der Waals surface area contributed by atoms with Gasteiger partial charge in [-0.1, -0.05) is 13.8 Å². The third-order valence-corrected chi connectivity index (χ3v) is 5.26. The first kappa shape index (κ1) is 9.68. The minimum atomic E-state index is -0.0410. The van der Waals surface area contributed by atoms with Crippen LogP contribution in [0.15, 0.2) is 0 Å². The van der Waals surface area contributed by atoms with Crippen LogP contribution >= 0.6 is 0 Å². The van der Waals surface area contributed by atoms with Gasteiger partial charge >= 0.3 is 5.97 Å². The predicted molar refractivity (Wildman–Crippen MR) is 57.2 cm³/mol. The lowest BCUT2D eigenvalue weighted by molar-refractivity contribution is -0.168. The van der Waals surface area contributed by atoms with E-state index in [0.717, 1.165) is 18.3 Å². The van der Waals surface area contributed by atoms with Crippen LogP contribution in [0.25, 0.3) is 0 Å². The van der Waals surface area contributed by atoms with E-state index in [1.165, 1.54) is 19.3 Å². The van der Waals surface area contributed by atoms with Gasteiger partial charge in [-0.3, -0.25) is 4.79 Å². The van der Waals surface area contributed by atoms with Crippen LogP contribution in [0.2, 0.25) is 0 Å². The number of carbonyl (C=O) groups excluding carboxylic acids is 1. The van der Waals surface area contributed by atoms with Gasteiger partial charge in [-0.2, -0.15) is 0 Å². The number of hydrogen-bond acceptors (Lipinski definition) is 2. The van der Waals surface area contributed by atoms with E-state index in [4.69, 9.17) is 4.74 Å². The molecular weight excluding hydrogens is 188 g/mol. The van der Waals surface area contributed by atoms with Gasteiger partial charge in [-0.05, 0) is 37.5 Å². The molecule has 2 heteroatoms. The van der Waals surface area contributed by atoms with E-state index in [2.05, 4.69) is 6.92 Å². The van der Waals surface area contributed by atoms with Crippen molar-refractivity contribution in [3.63, 3.8) is 0 Å². The second-order valence-corrected chi connectivity index (χ2v) is 5.58. The summed E-state index contributed by atoms with van der Waals surface area (Å²) in [7, 11) is 0. The summed E-state index contributed by atoms with van der Waals surface area (Å²) >= 11 is 0. The molecule has 4 fully saturated rings. The number of ether oxygens (including phenoxy) is 1. The normalized spacial score (nSPS) is 50.3. The Morgan fingerprint density at radius 2 is 1.80 bits per heavy atom. The molecule has 4 aliphatic rings. The van der Waals surface area contributed by atoms with Crippen molar-refractivity contribution >= 4 is 5.97 Å². The lowest BCUT2D eigenvalue weighted by Gasteiger charge is -2.36. The van der Waals surface area contributed by atoms with Crippen LogP contribution in [-0.4, -0.2) is 11.6 Å². The molecule has 0 N–H and O–H groups in total. The minimum Gasteiger partial charge on any atom is -0.458 e. The van der Waals surface area contributed by atoms with Gasteiger partial charge in [0.1, 0.15) is 5.60 Å². The van der Waals surface area contributed by atoms with Crippen molar-refractivity contribution in [2.45, 2.75) is 51.6 Å². The maximum atomic E-state index is 11.6. The van der Waals surface area contributed by atoms with Gasteiger partial charge in [0.15, 0.2) is 0 Å². The van der Waals surface area contributed by atoms with Crippen molar-refractivity contribution in [1.29, 1.82) is 0 Å². The van der Waals surface area contributed by atoms with Crippen LogP contribution in [0.4, 0.5) is 0 Å². The Hall–Kier alpha value is -0.530. The first-order valence-corrected chi connectivity index (χ1v) is 6.43. The Bertz CT molecular complexity index is 281. The molecule has 0 saturated heterocycles. The Morgan fingerprint density at radius 3 is 2.20 bits per heavy atom. The third-order valence-electron chi connectivity index (χ3n) is 5.26. The van der Waals surface area contributed by atoms with Gasteiger partial charge < -0.3 is 4.74 Å². The molecule has 0 aromatic carbocycles. The molecule has 4 unspecified atom stereocenters. The zero-order valence-corrected chi connectivity index (χ0v) is 9.66. The van der Waals surface area contributed by atoms with Crippen molar-refractivity contribution in [1.82, 2.24) is 0 Å². The van der Waals surface area contributed by atoms with Gasteiger partial charge in [0.05, 0.1) is 0 Å². The highest BCUT2D eigenvalue weighted by atomic mass is 16.6. The van der Waals surface area contributed by atoms with E-state index in [0.29, 0.717) is 18.3 Å². The SMILES string of the molecule is CCC(=O)OC1(CC)C2CC3CC2CC31. The third kappa shape index (κ3) is 1.03. The van der Waals surface area contributed by atoms with Gasteiger partial charge in [-0.25, -0.2) is 0 Å². The zero-order chi connectivity index (χ0) is 10.6.